The summed E-state index contributed by atoms with van der Waals surface area (Å²) >= 11 is 0. The summed E-state index contributed by atoms with van der Waals surface area (Å²) < 4.78 is 10.8. The van der Waals surface area contributed by atoms with Gasteiger partial charge in [0.05, 0.1) is 20.8 Å². The van der Waals surface area contributed by atoms with E-state index < -0.39 is 0 Å². The van der Waals surface area contributed by atoms with Gasteiger partial charge in [0.2, 0.25) is 0 Å². The molecule has 7 heteroatoms. The van der Waals surface area contributed by atoms with Gasteiger partial charge in [-0.2, -0.15) is 0 Å². The maximum Gasteiger partial charge on any atom is 0.317 e. The van der Waals surface area contributed by atoms with Crippen molar-refractivity contribution in [3.05, 3.63) is 105 Å². The molecule has 0 aliphatic rings. The number of aromatic amines is 1. The van der Waals surface area contributed by atoms with Gasteiger partial charge in [-0.15, -0.1) is 0 Å². The van der Waals surface area contributed by atoms with E-state index in [4.69, 9.17) is 9.47 Å². The fraction of sp³-hybridized carbons (Fsp3) is 0.267. The van der Waals surface area contributed by atoms with Gasteiger partial charge in [-0.25, -0.2) is 4.79 Å². The Kier molecular flexibility index (Phi) is 8.13. The van der Waals surface area contributed by atoms with Crippen LogP contribution in [0.4, 0.5) is 4.79 Å². The number of aryl methyl sites for hydroxylation is 2. The van der Waals surface area contributed by atoms with Crippen molar-refractivity contribution >= 4 is 16.9 Å². The Labute approximate surface area is 217 Å². The molecule has 0 saturated heterocycles. The molecule has 0 unspecified atom stereocenters. The van der Waals surface area contributed by atoms with E-state index in [-0.39, 0.29) is 18.1 Å². The van der Waals surface area contributed by atoms with Gasteiger partial charge in [0, 0.05) is 29.6 Å². The van der Waals surface area contributed by atoms with E-state index in [9.17, 15) is 9.59 Å². The highest BCUT2D eigenvalue weighted by atomic mass is 16.5. The number of carbonyl (C=O) groups excluding carboxylic acids is 1. The van der Waals surface area contributed by atoms with Crippen molar-refractivity contribution in [3.8, 4) is 11.5 Å². The molecular formula is C30H33N3O4. The van der Waals surface area contributed by atoms with Crippen LogP contribution >= 0.6 is 0 Å². The zero-order chi connectivity index (χ0) is 26.4. The van der Waals surface area contributed by atoms with E-state index in [1.54, 1.807) is 19.1 Å². The first-order chi connectivity index (χ1) is 17.9. The minimum absolute atomic E-state index is 0.187. The molecule has 1 aromatic heterocycles. The first kappa shape index (κ1) is 25.8. The number of hydrogen-bond donors (Lipinski definition) is 2. The van der Waals surface area contributed by atoms with Crippen LogP contribution in [0.25, 0.3) is 10.9 Å². The summed E-state index contributed by atoms with van der Waals surface area (Å²) in [6.07, 6.45) is 0.586. The number of benzene rings is 3. The SMILES string of the molecule is COc1ccc(CCN(Cc2cc3c(C)cc(C)cc3[nH]c2=O)C(=O)NCc2ccccc2)cc1OC. The van der Waals surface area contributed by atoms with Gasteiger partial charge in [-0.1, -0.05) is 42.5 Å². The van der Waals surface area contributed by atoms with Crippen LogP contribution in [0, 0.1) is 13.8 Å². The Morgan fingerprint density at radius 2 is 1.68 bits per heavy atom. The predicted octanol–water partition coefficient (Wildman–Crippen LogP) is 5.12. The molecule has 0 bridgehead atoms. The number of rotatable bonds is 9. The Hall–Kier alpha value is -4.26. The van der Waals surface area contributed by atoms with Crippen molar-refractivity contribution in [2.24, 2.45) is 0 Å². The van der Waals surface area contributed by atoms with Gasteiger partial charge in [-0.05, 0) is 66.8 Å². The Morgan fingerprint density at radius 1 is 0.919 bits per heavy atom. The number of urea groups is 1. The third-order valence-electron chi connectivity index (χ3n) is 6.44. The van der Waals surface area contributed by atoms with Gasteiger partial charge >= 0.3 is 6.03 Å². The molecule has 0 radical (unpaired) electrons. The summed E-state index contributed by atoms with van der Waals surface area (Å²) in [6, 6.07) is 21.2. The van der Waals surface area contributed by atoms with Crippen LogP contribution in [-0.4, -0.2) is 36.7 Å². The van der Waals surface area contributed by atoms with Gasteiger partial charge in [-0.3, -0.25) is 4.79 Å². The summed E-state index contributed by atoms with van der Waals surface area (Å²) in [5.41, 5.74) is 5.33. The molecule has 1 heterocycles. The molecule has 0 aliphatic carbocycles. The van der Waals surface area contributed by atoms with Crippen LogP contribution in [-0.2, 0) is 19.5 Å². The monoisotopic (exact) mass is 499 g/mol. The average Bonchev–Trinajstić information content (AvgIpc) is 2.90. The molecule has 0 saturated carbocycles. The van der Waals surface area contributed by atoms with Gasteiger partial charge in [0.25, 0.3) is 5.56 Å². The Bertz CT molecular complexity index is 1450. The first-order valence-electron chi connectivity index (χ1n) is 12.3. The summed E-state index contributed by atoms with van der Waals surface area (Å²) in [5.74, 6) is 1.29. The molecule has 0 fully saturated rings. The number of H-pyrrole nitrogens is 1. The molecule has 0 aliphatic heterocycles. The minimum Gasteiger partial charge on any atom is -0.493 e. The third-order valence-corrected chi connectivity index (χ3v) is 6.44. The maximum absolute atomic E-state index is 13.3. The fourth-order valence-electron chi connectivity index (χ4n) is 4.48. The molecular weight excluding hydrogens is 466 g/mol. The number of hydrogen-bond acceptors (Lipinski definition) is 4. The second-order valence-electron chi connectivity index (χ2n) is 9.17. The van der Waals surface area contributed by atoms with E-state index in [0.717, 1.165) is 33.2 Å². The molecule has 7 nitrogen and oxygen atoms in total. The second-order valence-corrected chi connectivity index (χ2v) is 9.17. The molecule has 4 aromatic rings. The molecule has 2 N–H and O–H groups in total. The predicted molar refractivity (Wildman–Crippen MR) is 146 cm³/mol. The van der Waals surface area contributed by atoms with E-state index in [1.165, 1.54) is 0 Å². The normalized spacial score (nSPS) is 10.8. The van der Waals surface area contributed by atoms with Crippen LogP contribution in [0.15, 0.2) is 71.5 Å². The second kappa shape index (κ2) is 11.6. The topological polar surface area (TPSA) is 83.7 Å². The van der Waals surface area contributed by atoms with Crippen LogP contribution in [0.3, 0.4) is 0 Å². The van der Waals surface area contributed by atoms with Crippen LogP contribution in [0.1, 0.15) is 27.8 Å². The largest absolute Gasteiger partial charge is 0.493 e. The smallest absolute Gasteiger partial charge is 0.317 e. The highest BCUT2D eigenvalue weighted by molar-refractivity contribution is 5.83. The molecule has 0 atom stereocenters. The number of nitrogens with zero attached hydrogens (tertiary/aromatic N) is 1. The van der Waals surface area contributed by atoms with E-state index in [0.29, 0.717) is 36.6 Å². The van der Waals surface area contributed by atoms with E-state index >= 15 is 0 Å². The number of amides is 2. The van der Waals surface area contributed by atoms with Gasteiger partial charge < -0.3 is 24.7 Å². The standard InChI is InChI=1S/C30H33N3O4/c1-20-14-21(2)25-17-24(29(34)32-26(25)15-20)19-33(30(35)31-18-23-8-6-5-7-9-23)13-12-22-10-11-27(36-3)28(16-22)37-4/h5-11,14-17H,12-13,18-19H2,1-4H3,(H,31,35)(H,32,34). The fourth-order valence-corrected chi connectivity index (χ4v) is 4.48. The molecule has 0 spiro atoms. The molecule has 2 amide bonds. The zero-order valence-electron chi connectivity index (χ0n) is 21.8. The van der Waals surface area contributed by atoms with Crippen LogP contribution in [0.5, 0.6) is 11.5 Å². The van der Waals surface area contributed by atoms with Crippen molar-refractivity contribution in [2.75, 3.05) is 20.8 Å². The van der Waals surface area contributed by atoms with Crippen molar-refractivity contribution in [3.63, 3.8) is 0 Å². The number of aromatic nitrogens is 1. The van der Waals surface area contributed by atoms with Crippen molar-refractivity contribution < 1.29 is 14.3 Å². The maximum atomic E-state index is 13.3. The van der Waals surface area contributed by atoms with Crippen molar-refractivity contribution in [2.45, 2.75) is 33.4 Å². The van der Waals surface area contributed by atoms with E-state index in [2.05, 4.69) is 16.4 Å². The van der Waals surface area contributed by atoms with Gasteiger partial charge in [0.15, 0.2) is 11.5 Å². The number of carbonyl (C=O) groups is 1. The quantitative estimate of drug-likeness (QED) is 0.335. The summed E-state index contributed by atoms with van der Waals surface area (Å²) in [5, 5.41) is 3.98. The van der Waals surface area contributed by atoms with Crippen molar-refractivity contribution in [1.29, 1.82) is 0 Å². The highest BCUT2D eigenvalue weighted by Crippen LogP contribution is 2.28. The molecule has 37 heavy (non-hydrogen) atoms. The number of ether oxygens (including phenoxy) is 2. The average molecular weight is 500 g/mol. The number of pyridine rings is 1. The lowest BCUT2D eigenvalue weighted by Gasteiger charge is -2.23. The lowest BCUT2D eigenvalue weighted by Crippen LogP contribution is -2.41. The lowest BCUT2D eigenvalue weighted by molar-refractivity contribution is 0.195. The summed E-state index contributed by atoms with van der Waals surface area (Å²) in [4.78, 5) is 31.0. The van der Waals surface area contributed by atoms with Crippen LogP contribution in [0.2, 0.25) is 0 Å². The molecule has 192 valence electrons. The van der Waals surface area contributed by atoms with Gasteiger partial charge in [0.1, 0.15) is 0 Å². The number of nitrogens with one attached hydrogen (secondary N) is 2. The molecule has 4 rings (SSSR count). The van der Waals surface area contributed by atoms with E-state index in [1.807, 2.05) is 74.5 Å². The lowest BCUT2D eigenvalue weighted by atomic mass is 10.0. The Morgan fingerprint density at radius 3 is 2.41 bits per heavy atom. The molecule has 3 aromatic carbocycles. The first-order valence-corrected chi connectivity index (χ1v) is 12.3. The van der Waals surface area contributed by atoms with Crippen molar-refractivity contribution in [1.82, 2.24) is 15.2 Å². The number of methoxy groups -OCH3 is 2. The van der Waals surface area contributed by atoms with Crippen LogP contribution < -0.4 is 20.3 Å². The third kappa shape index (κ3) is 6.30. The Balaban J connectivity index is 1.58. The summed E-state index contributed by atoms with van der Waals surface area (Å²) in [7, 11) is 3.20. The summed E-state index contributed by atoms with van der Waals surface area (Å²) in [6.45, 7) is 5.04. The zero-order valence-corrected chi connectivity index (χ0v) is 21.8. The number of fused-ring (bicyclic) bond motifs is 1. The minimum atomic E-state index is -0.232. The highest BCUT2D eigenvalue weighted by Gasteiger charge is 2.17.